The van der Waals surface area contributed by atoms with Gasteiger partial charge >= 0.3 is 6.18 Å². The van der Waals surface area contributed by atoms with E-state index in [1.165, 1.54) is 6.07 Å². The lowest BCUT2D eigenvalue weighted by molar-refractivity contribution is -0.141. The summed E-state index contributed by atoms with van der Waals surface area (Å²) >= 11 is 0. The summed E-state index contributed by atoms with van der Waals surface area (Å²) in [5.74, 6) is 0.0982. The minimum absolute atomic E-state index is 0.0904. The van der Waals surface area contributed by atoms with Crippen LogP contribution >= 0.6 is 0 Å². The van der Waals surface area contributed by atoms with Gasteiger partial charge in [0, 0.05) is 13.6 Å². The number of hydrogen-bond donors (Lipinski definition) is 2. The van der Waals surface area contributed by atoms with E-state index in [1.807, 2.05) is 13.8 Å². The van der Waals surface area contributed by atoms with Crippen molar-refractivity contribution in [3.63, 3.8) is 0 Å². The van der Waals surface area contributed by atoms with Gasteiger partial charge < -0.3 is 10.6 Å². The van der Waals surface area contributed by atoms with Crippen molar-refractivity contribution in [1.82, 2.24) is 4.98 Å². The molecule has 1 unspecified atom stereocenters. The fraction of sp³-hybridized carbons (Fsp3) is 0.538. The molecule has 1 aromatic heterocycles. The summed E-state index contributed by atoms with van der Waals surface area (Å²) in [4.78, 5) is 5.24. The molecule has 0 saturated carbocycles. The van der Waals surface area contributed by atoms with Crippen LogP contribution in [0.3, 0.4) is 0 Å². The molecule has 112 valence electrons. The first-order valence-corrected chi connectivity index (χ1v) is 6.30. The van der Waals surface area contributed by atoms with Crippen molar-refractivity contribution in [2.24, 2.45) is 11.7 Å². The van der Waals surface area contributed by atoms with Crippen LogP contribution in [0.25, 0.3) is 0 Å². The molecule has 0 aromatic carbocycles. The van der Waals surface area contributed by atoms with Crippen LogP contribution in [0.15, 0.2) is 12.1 Å². The number of nitrogens with one attached hydrogen (secondary N) is 1. The molecule has 3 N–H and O–H groups in total. The second kappa shape index (κ2) is 6.11. The van der Waals surface area contributed by atoms with Gasteiger partial charge in [-0.3, -0.25) is 5.41 Å². The monoisotopic (exact) mass is 288 g/mol. The van der Waals surface area contributed by atoms with Gasteiger partial charge in [0.2, 0.25) is 0 Å². The molecule has 0 aliphatic heterocycles. The summed E-state index contributed by atoms with van der Waals surface area (Å²) in [5.41, 5.74) is 4.64. The minimum atomic E-state index is -4.51. The van der Waals surface area contributed by atoms with Crippen LogP contribution in [-0.4, -0.2) is 24.4 Å². The number of anilines is 1. The van der Waals surface area contributed by atoms with Crippen molar-refractivity contribution in [2.75, 3.05) is 18.5 Å². The number of aromatic nitrogens is 1. The second-order valence-corrected chi connectivity index (χ2v) is 4.87. The molecule has 20 heavy (non-hydrogen) atoms. The maximum atomic E-state index is 12.7. The fourth-order valence-corrected chi connectivity index (χ4v) is 1.79. The van der Waals surface area contributed by atoms with E-state index < -0.39 is 11.9 Å². The Kier molecular flexibility index (Phi) is 4.97. The number of rotatable bonds is 5. The van der Waals surface area contributed by atoms with Crippen LogP contribution in [0, 0.1) is 11.3 Å². The highest BCUT2D eigenvalue weighted by atomic mass is 19.4. The zero-order valence-corrected chi connectivity index (χ0v) is 11.8. The first kappa shape index (κ1) is 16.3. The largest absolute Gasteiger partial charge is 0.433 e. The van der Waals surface area contributed by atoms with Crippen molar-refractivity contribution < 1.29 is 13.2 Å². The molecule has 0 saturated heterocycles. The van der Waals surface area contributed by atoms with Gasteiger partial charge in [0.15, 0.2) is 0 Å². The van der Waals surface area contributed by atoms with Crippen molar-refractivity contribution in [3.05, 3.63) is 23.4 Å². The molecule has 0 aliphatic rings. The molecule has 0 spiro atoms. The average Bonchev–Trinajstić information content (AvgIpc) is 2.36. The van der Waals surface area contributed by atoms with Crippen LogP contribution in [0.2, 0.25) is 0 Å². The molecule has 4 nitrogen and oxygen atoms in total. The Morgan fingerprint density at radius 3 is 2.50 bits per heavy atom. The Morgan fingerprint density at radius 1 is 1.45 bits per heavy atom. The molecule has 7 heteroatoms. The van der Waals surface area contributed by atoms with E-state index in [-0.39, 0.29) is 17.2 Å². The number of halogens is 3. The van der Waals surface area contributed by atoms with E-state index >= 15 is 0 Å². The van der Waals surface area contributed by atoms with Gasteiger partial charge in [-0.05, 0) is 18.1 Å². The molecule has 1 heterocycles. The Balaban J connectivity index is 3.22. The van der Waals surface area contributed by atoms with E-state index in [4.69, 9.17) is 11.1 Å². The molecule has 1 atom stereocenters. The topological polar surface area (TPSA) is 66.0 Å². The van der Waals surface area contributed by atoms with Gasteiger partial charge in [0.25, 0.3) is 0 Å². The number of nitrogens with two attached hydrogens (primary N) is 1. The number of nitrogen functional groups attached to an aromatic ring is 1. The Bertz CT molecular complexity index is 485. The van der Waals surface area contributed by atoms with E-state index in [1.54, 1.807) is 11.9 Å². The maximum absolute atomic E-state index is 12.7. The molecule has 0 radical (unpaired) electrons. The Morgan fingerprint density at radius 2 is 2.05 bits per heavy atom. The van der Waals surface area contributed by atoms with Gasteiger partial charge in [-0.1, -0.05) is 20.3 Å². The van der Waals surface area contributed by atoms with Gasteiger partial charge in [-0.2, -0.15) is 13.2 Å². The molecular formula is C13H19F3N4. The standard InChI is InChI=1S/C13H19F3N4/c1-4-8(2)7-20(3)12-9(11(17)18)5-6-10(19-12)13(14,15)16/h5-6,8H,4,7H2,1-3H3,(H3,17,18). The molecular weight excluding hydrogens is 269 g/mol. The Hall–Kier alpha value is -1.79. The average molecular weight is 288 g/mol. The van der Waals surface area contributed by atoms with Crippen LogP contribution < -0.4 is 10.6 Å². The lowest BCUT2D eigenvalue weighted by atomic mass is 10.1. The van der Waals surface area contributed by atoms with E-state index in [9.17, 15) is 13.2 Å². The Labute approximate surface area is 116 Å². The normalized spacial score (nSPS) is 13.1. The second-order valence-electron chi connectivity index (χ2n) is 4.87. The lowest BCUT2D eigenvalue weighted by Gasteiger charge is -2.24. The third-order valence-electron chi connectivity index (χ3n) is 3.10. The summed E-state index contributed by atoms with van der Waals surface area (Å²) in [5, 5.41) is 7.45. The van der Waals surface area contributed by atoms with Gasteiger partial charge in [0.05, 0.1) is 5.56 Å². The van der Waals surface area contributed by atoms with Crippen molar-refractivity contribution in [2.45, 2.75) is 26.4 Å². The van der Waals surface area contributed by atoms with Crippen LogP contribution in [0.4, 0.5) is 19.0 Å². The smallest absolute Gasteiger partial charge is 0.384 e. The molecule has 1 rings (SSSR count). The zero-order valence-electron chi connectivity index (χ0n) is 11.8. The molecule has 0 aliphatic carbocycles. The maximum Gasteiger partial charge on any atom is 0.433 e. The number of amidine groups is 1. The van der Waals surface area contributed by atoms with Crippen molar-refractivity contribution in [1.29, 1.82) is 5.41 Å². The third kappa shape index (κ3) is 3.85. The van der Waals surface area contributed by atoms with Crippen LogP contribution in [0.5, 0.6) is 0 Å². The lowest BCUT2D eigenvalue weighted by Crippen LogP contribution is -2.28. The zero-order chi connectivity index (χ0) is 15.5. The van der Waals surface area contributed by atoms with Crippen LogP contribution in [0.1, 0.15) is 31.5 Å². The number of alkyl halides is 3. The third-order valence-corrected chi connectivity index (χ3v) is 3.10. The minimum Gasteiger partial charge on any atom is -0.384 e. The molecule has 0 amide bonds. The summed E-state index contributed by atoms with van der Waals surface area (Å²) < 4.78 is 38.2. The van der Waals surface area contributed by atoms with E-state index in [0.717, 1.165) is 12.5 Å². The summed E-state index contributed by atoms with van der Waals surface area (Å²) in [6.45, 7) is 4.55. The highest BCUT2D eigenvalue weighted by Crippen LogP contribution is 2.30. The summed E-state index contributed by atoms with van der Waals surface area (Å²) in [6, 6.07) is 2.04. The number of nitrogens with zero attached hydrogens (tertiary/aromatic N) is 2. The highest BCUT2D eigenvalue weighted by Gasteiger charge is 2.33. The molecule has 0 fully saturated rings. The van der Waals surface area contributed by atoms with Gasteiger partial charge in [-0.15, -0.1) is 0 Å². The number of hydrogen-bond acceptors (Lipinski definition) is 3. The quantitative estimate of drug-likeness (QED) is 0.646. The van der Waals surface area contributed by atoms with Crippen molar-refractivity contribution in [3.8, 4) is 0 Å². The fourth-order valence-electron chi connectivity index (χ4n) is 1.79. The first-order valence-electron chi connectivity index (χ1n) is 6.30. The predicted molar refractivity (Wildman–Crippen MR) is 73.0 cm³/mol. The molecule has 1 aromatic rings. The van der Waals surface area contributed by atoms with E-state index in [2.05, 4.69) is 4.98 Å². The summed E-state index contributed by atoms with van der Waals surface area (Å²) in [6.07, 6.45) is -3.61. The summed E-state index contributed by atoms with van der Waals surface area (Å²) in [7, 11) is 1.65. The number of pyridine rings is 1. The van der Waals surface area contributed by atoms with Gasteiger partial charge in [0.1, 0.15) is 17.3 Å². The predicted octanol–water partition coefficient (Wildman–Crippen LogP) is 2.87. The first-order chi connectivity index (χ1) is 9.16. The van der Waals surface area contributed by atoms with Crippen LogP contribution in [-0.2, 0) is 6.18 Å². The SMILES string of the molecule is CCC(C)CN(C)c1nc(C(F)(F)F)ccc1C(=N)N. The van der Waals surface area contributed by atoms with Gasteiger partial charge in [-0.25, -0.2) is 4.98 Å². The van der Waals surface area contributed by atoms with E-state index in [0.29, 0.717) is 12.5 Å². The highest BCUT2D eigenvalue weighted by molar-refractivity contribution is 5.99. The molecule has 0 bridgehead atoms. The van der Waals surface area contributed by atoms with Crippen molar-refractivity contribution >= 4 is 11.7 Å².